The van der Waals surface area contributed by atoms with Crippen molar-refractivity contribution in [2.75, 3.05) is 24.2 Å². The third-order valence-electron chi connectivity index (χ3n) is 2.67. The molecule has 7 nitrogen and oxygen atoms in total. The first-order chi connectivity index (χ1) is 8.67. The predicted molar refractivity (Wildman–Crippen MR) is 75.6 cm³/mol. The van der Waals surface area contributed by atoms with Gasteiger partial charge in [0.05, 0.1) is 5.60 Å². The second kappa shape index (κ2) is 5.48. The smallest absolute Gasteiger partial charge is 0.330 e. The molecule has 0 atom stereocenters. The lowest BCUT2D eigenvalue weighted by atomic mass is 10.1. The number of hydrogen-bond donors (Lipinski definition) is 3. The maximum atomic E-state index is 11.9. The highest BCUT2D eigenvalue weighted by molar-refractivity contribution is 5.62. The Balaban J connectivity index is 3.32. The van der Waals surface area contributed by atoms with E-state index in [4.69, 9.17) is 5.73 Å². The number of nitrogens with two attached hydrogens (primary N) is 1. The lowest BCUT2D eigenvalue weighted by Gasteiger charge is -2.27. The SMILES string of the molecule is CCCn1c(N)c(N(C)CC(C)(C)O)c(=O)[nH]c1=O. The Hall–Kier alpha value is -1.76. The molecule has 1 aromatic heterocycles. The molecule has 0 aliphatic rings. The number of nitrogens with one attached hydrogen (secondary N) is 1. The maximum absolute atomic E-state index is 11.9. The van der Waals surface area contributed by atoms with E-state index in [-0.39, 0.29) is 18.1 Å². The van der Waals surface area contributed by atoms with E-state index in [0.29, 0.717) is 6.54 Å². The van der Waals surface area contributed by atoms with Gasteiger partial charge in [0.25, 0.3) is 5.56 Å². The number of hydrogen-bond acceptors (Lipinski definition) is 5. The summed E-state index contributed by atoms with van der Waals surface area (Å²) < 4.78 is 1.33. The van der Waals surface area contributed by atoms with Crippen molar-refractivity contribution >= 4 is 11.5 Å². The zero-order chi connectivity index (χ0) is 14.8. The molecular weight excluding hydrogens is 248 g/mol. The molecule has 0 bridgehead atoms. The standard InChI is InChI=1S/C12H22N4O3/c1-5-6-16-9(13)8(10(17)14-11(16)18)15(4)7-12(2,3)19/h19H,5-7,13H2,1-4H3,(H,14,17,18). The number of H-pyrrole nitrogens is 1. The Kier molecular flexibility index (Phi) is 4.41. The largest absolute Gasteiger partial charge is 0.389 e. The van der Waals surface area contributed by atoms with Crippen molar-refractivity contribution in [2.45, 2.75) is 39.3 Å². The van der Waals surface area contributed by atoms with Gasteiger partial charge in [0.2, 0.25) is 0 Å². The molecule has 0 aliphatic heterocycles. The van der Waals surface area contributed by atoms with Gasteiger partial charge in [-0.2, -0.15) is 0 Å². The topological polar surface area (TPSA) is 104 Å². The number of aromatic nitrogens is 2. The fourth-order valence-electron chi connectivity index (χ4n) is 2.05. The fourth-order valence-corrected chi connectivity index (χ4v) is 2.05. The van der Waals surface area contributed by atoms with E-state index in [1.165, 1.54) is 4.57 Å². The molecule has 0 saturated carbocycles. The molecule has 0 radical (unpaired) electrons. The van der Waals surface area contributed by atoms with Crippen molar-refractivity contribution in [1.29, 1.82) is 0 Å². The first-order valence-corrected chi connectivity index (χ1v) is 6.23. The van der Waals surface area contributed by atoms with Crippen LogP contribution in [0.15, 0.2) is 9.59 Å². The highest BCUT2D eigenvalue weighted by atomic mass is 16.3. The van der Waals surface area contributed by atoms with Gasteiger partial charge in [-0.15, -0.1) is 0 Å². The van der Waals surface area contributed by atoms with Crippen LogP contribution in [0.3, 0.4) is 0 Å². The summed E-state index contributed by atoms with van der Waals surface area (Å²) in [5, 5.41) is 9.80. The number of rotatable bonds is 5. The summed E-state index contributed by atoms with van der Waals surface area (Å²) in [5.41, 5.74) is 4.09. The molecule has 1 rings (SSSR count). The Morgan fingerprint density at radius 3 is 2.47 bits per heavy atom. The summed E-state index contributed by atoms with van der Waals surface area (Å²) in [4.78, 5) is 27.3. The van der Waals surface area contributed by atoms with Gasteiger partial charge in [0.1, 0.15) is 11.5 Å². The Labute approximate surface area is 111 Å². The van der Waals surface area contributed by atoms with E-state index >= 15 is 0 Å². The van der Waals surface area contributed by atoms with E-state index < -0.39 is 16.9 Å². The van der Waals surface area contributed by atoms with Gasteiger partial charge in [-0.3, -0.25) is 14.3 Å². The van der Waals surface area contributed by atoms with Crippen LogP contribution in [0.4, 0.5) is 11.5 Å². The number of aromatic amines is 1. The molecule has 0 aromatic carbocycles. The van der Waals surface area contributed by atoms with Crippen LogP contribution in [0.2, 0.25) is 0 Å². The Bertz CT molecular complexity index is 554. The van der Waals surface area contributed by atoms with E-state index in [2.05, 4.69) is 4.98 Å². The summed E-state index contributed by atoms with van der Waals surface area (Å²) in [6, 6.07) is 0. The summed E-state index contributed by atoms with van der Waals surface area (Å²) >= 11 is 0. The lowest BCUT2D eigenvalue weighted by molar-refractivity contribution is 0.0886. The second-order valence-corrected chi connectivity index (χ2v) is 5.31. The quantitative estimate of drug-likeness (QED) is 0.683. The number of anilines is 2. The average molecular weight is 270 g/mol. The van der Waals surface area contributed by atoms with Crippen LogP contribution >= 0.6 is 0 Å². The van der Waals surface area contributed by atoms with Crippen molar-refractivity contribution < 1.29 is 5.11 Å². The molecule has 7 heteroatoms. The van der Waals surface area contributed by atoms with Gasteiger partial charge < -0.3 is 15.7 Å². The zero-order valence-corrected chi connectivity index (χ0v) is 11.9. The summed E-state index contributed by atoms with van der Waals surface area (Å²) in [7, 11) is 1.65. The van der Waals surface area contributed by atoms with Gasteiger partial charge in [0.15, 0.2) is 0 Å². The molecule has 0 unspecified atom stereocenters. The highest BCUT2D eigenvalue weighted by Gasteiger charge is 2.21. The summed E-state index contributed by atoms with van der Waals surface area (Å²) in [6.07, 6.45) is 0.727. The minimum atomic E-state index is -0.973. The summed E-state index contributed by atoms with van der Waals surface area (Å²) in [5.74, 6) is 0.127. The van der Waals surface area contributed by atoms with E-state index in [9.17, 15) is 14.7 Å². The van der Waals surface area contributed by atoms with Crippen molar-refractivity contribution in [1.82, 2.24) is 9.55 Å². The van der Waals surface area contributed by atoms with Crippen molar-refractivity contribution in [3.8, 4) is 0 Å². The maximum Gasteiger partial charge on any atom is 0.330 e. The van der Waals surface area contributed by atoms with Crippen LogP contribution in [0.5, 0.6) is 0 Å². The van der Waals surface area contributed by atoms with Gasteiger partial charge in [-0.25, -0.2) is 4.79 Å². The zero-order valence-electron chi connectivity index (χ0n) is 11.9. The fraction of sp³-hybridized carbons (Fsp3) is 0.667. The third kappa shape index (κ3) is 3.60. The van der Waals surface area contributed by atoms with Gasteiger partial charge in [0, 0.05) is 20.1 Å². The molecular formula is C12H22N4O3. The molecule has 1 aromatic rings. The van der Waals surface area contributed by atoms with E-state index in [1.807, 2.05) is 6.92 Å². The molecule has 4 N–H and O–H groups in total. The van der Waals surface area contributed by atoms with Crippen LogP contribution in [-0.2, 0) is 6.54 Å². The van der Waals surface area contributed by atoms with Gasteiger partial charge in [-0.1, -0.05) is 6.92 Å². The number of nitrogen functional groups attached to an aromatic ring is 1. The Morgan fingerprint density at radius 2 is 2.00 bits per heavy atom. The van der Waals surface area contributed by atoms with Crippen LogP contribution < -0.4 is 21.9 Å². The van der Waals surface area contributed by atoms with Gasteiger partial charge in [-0.05, 0) is 20.3 Å². The van der Waals surface area contributed by atoms with Crippen molar-refractivity contribution in [3.05, 3.63) is 20.8 Å². The second-order valence-electron chi connectivity index (χ2n) is 5.31. The molecule has 108 valence electrons. The Morgan fingerprint density at radius 1 is 1.42 bits per heavy atom. The third-order valence-corrected chi connectivity index (χ3v) is 2.67. The molecule has 1 heterocycles. The number of aliphatic hydroxyl groups is 1. The predicted octanol–water partition coefficient (Wildman–Crippen LogP) is -0.264. The number of nitrogens with zero attached hydrogens (tertiary/aromatic N) is 2. The molecule has 19 heavy (non-hydrogen) atoms. The van der Waals surface area contributed by atoms with Crippen LogP contribution in [0.25, 0.3) is 0 Å². The van der Waals surface area contributed by atoms with Crippen LogP contribution in [0, 0.1) is 0 Å². The lowest BCUT2D eigenvalue weighted by Crippen LogP contribution is -2.42. The van der Waals surface area contributed by atoms with Crippen molar-refractivity contribution in [2.24, 2.45) is 0 Å². The molecule has 0 saturated heterocycles. The van der Waals surface area contributed by atoms with Crippen molar-refractivity contribution in [3.63, 3.8) is 0 Å². The first-order valence-electron chi connectivity index (χ1n) is 6.23. The van der Waals surface area contributed by atoms with E-state index in [1.54, 1.807) is 25.8 Å². The van der Waals surface area contributed by atoms with E-state index in [0.717, 1.165) is 6.42 Å². The first kappa shape index (κ1) is 15.3. The summed E-state index contributed by atoms with van der Waals surface area (Å²) in [6.45, 7) is 5.85. The van der Waals surface area contributed by atoms with Crippen LogP contribution in [0.1, 0.15) is 27.2 Å². The normalized spacial score (nSPS) is 11.6. The monoisotopic (exact) mass is 270 g/mol. The molecule has 0 spiro atoms. The minimum absolute atomic E-state index is 0.127. The minimum Gasteiger partial charge on any atom is -0.389 e. The average Bonchev–Trinajstić information content (AvgIpc) is 2.21. The molecule has 0 aliphatic carbocycles. The van der Waals surface area contributed by atoms with Gasteiger partial charge >= 0.3 is 5.69 Å². The highest BCUT2D eigenvalue weighted by Crippen LogP contribution is 2.17. The molecule has 0 fully saturated rings. The number of likely N-dealkylation sites (N-methyl/N-ethyl adjacent to an activating group) is 1. The molecule has 0 amide bonds. The van der Waals surface area contributed by atoms with Crippen LogP contribution in [-0.4, -0.2) is 33.9 Å².